The number of hydrogen-bond donors (Lipinski definition) is 2. The van der Waals surface area contributed by atoms with E-state index < -0.39 is 18.5 Å². The van der Waals surface area contributed by atoms with Crippen molar-refractivity contribution in [2.45, 2.75) is 57.8 Å². The zero-order chi connectivity index (χ0) is 23.4. The number of carbonyl (C=O) groups excluding carboxylic acids is 4. The first-order valence-corrected chi connectivity index (χ1v) is 12.7. The summed E-state index contributed by atoms with van der Waals surface area (Å²) < 4.78 is 10.3. The van der Waals surface area contributed by atoms with Crippen LogP contribution in [-0.4, -0.2) is 50.4 Å². The summed E-state index contributed by atoms with van der Waals surface area (Å²) in [4.78, 5) is 51.4. The van der Waals surface area contributed by atoms with Crippen LogP contribution in [0.1, 0.15) is 65.7 Å². The highest BCUT2D eigenvalue weighted by atomic mass is 32.1. The minimum atomic E-state index is -0.458. The van der Waals surface area contributed by atoms with E-state index in [1.807, 2.05) is 0 Å². The predicted molar refractivity (Wildman–Crippen MR) is 123 cm³/mol. The molecule has 2 unspecified atom stereocenters. The zero-order valence-corrected chi connectivity index (χ0v) is 19.9. The third-order valence-electron chi connectivity index (χ3n) is 6.97. The highest BCUT2D eigenvalue weighted by Crippen LogP contribution is 2.41. The highest BCUT2D eigenvalue weighted by molar-refractivity contribution is 7.17. The third-order valence-corrected chi connectivity index (χ3v) is 8.18. The van der Waals surface area contributed by atoms with Crippen LogP contribution in [0, 0.1) is 17.8 Å². The van der Waals surface area contributed by atoms with Crippen LogP contribution >= 0.6 is 11.3 Å². The predicted octanol–water partition coefficient (Wildman–Crippen LogP) is 2.88. The van der Waals surface area contributed by atoms with Crippen molar-refractivity contribution in [2.24, 2.45) is 17.8 Å². The first kappa shape index (κ1) is 23.9. The fraction of sp³-hybridized carbons (Fsp3) is 0.667. The Bertz CT molecular complexity index is 910. The smallest absolute Gasteiger partial charge is 0.309 e. The number of anilines is 1. The summed E-state index contributed by atoms with van der Waals surface area (Å²) in [6.45, 7) is 0.396. The van der Waals surface area contributed by atoms with Gasteiger partial charge in [0, 0.05) is 30.4 Å². The second-order valence-corrected chi connectivity index (χ2v) is 10.3. The first-order valence-electron chi connectivity index (χ1n) is 11.9. The Morgan fingerprint density at radius 3 is 2.52 bits per heavy atom. The molecule has 2 amide bonds. The molecule has 33 heavy (non-hydrogen) atoms. The maximum atomic E-state index is 12.8. The number of amides is 2. The van der Waals surface area contributed by atoms with Crippen LogP contribution < -0.4 is 10.6 Å². The van der Waals surface area contributed by atoms with Crippen LogP contribution in [-0.2, 0) is 36.7 Å². The Balaban J connectivity index is 1.36. The number of rotatable bonds is 8. The molecule has 8 nitrogen and oxygen atoms in total. The van der Waals surface area contributed by atoms with E-state index in [0.29, 0.717) is 42.3 Å². The van der Waals surface area contributed by atoms with Crippen molar-refractivity contribution in [3.05, 3.63) is 16.0 Å². The molecule has 0 aromatic carbocycles. The Morgan fingerprint density at radius 1 is 1.06 bits per heavy atom. The quantitative estimate of drug-likeness (QED) is 0.441. The fourth-order valence-electron chi connectivity index (χ4n) is 5.34. The van der Waals surface area contributed by atoms with Gasteiger partial charge in [-0.2, -0.15) is 0 Å². The van der Waals surface area contributed by atoms with Crippen LogP contribution in [0.25, 0.3) is 0 Å². The monoisotopic (exact) mass is 476 g/mol. The van der Waals surface area contributed by atoms with E-state index in [4.69, 9.17) is 9.47 Å². The van der Waals surface area contributed by atoms with Crippen LogP contribution in [0.3, 0.4) is 0 Å². The molecule has 3 aliphatic rings. The van der Waals surface area contributed by atoms with E-state index in [0.717, 1.165) is 55.4 Å². The van der Waals surface area contributed by atoms with Gasteiger partial charge < -0.3 is 20.1 Å². The number of ether oxygens (including phenoxy) is 2. The lowest BCUT2D eigenvalue weighted by atomic mass is 9.67. The maximum Gasteiger partial charge on any atom is 0.309 e. The molecule has 2 N–H and O–H groups in total. The van der Waals surface area contributed by atoms with Gasteiger partial charge in [0.1, 0.15) is 10.8 Å². The summed E-state index contributed by atoms with van der Waals surface area (Å²) in [5.41, 5.74) is 1.52. The highest BCUT2D eigenvalue weighted by Gasteiger charge is 2.42. The zero-order valence-electron chi connectivity index (χ0n) is 19.1. The third kappa shape index (κ3) is 5.46. The van der Waals surface area contributed by atoms with Gasteiger partial charge in [0.25, 0.3) is 11.8 Å². The van der Waals surface area contributed by atoms with Crippen molar-refractivity contribution >= 4 is 39.9 Å². The Morgan fingerprint density at radius 2 is 1.79 bits per heavy atom. The number of Topliss-reactive ketones (excluding diaryl/α,β-unsaturated/α-hetero) is 1. The number of methoxy groups -OCH3 is 1. The largest absolute Gasteiger partial charge is 0.455 e. The minimum Gasteiger partial charge on any atom is -0.455 e. The molecule has 0 spiro atoms. The molecule has 1 aromatic rings. The lowest BCUT2D eigenvalue weighted by Crippen LogP contribution is -2.40. The molecule has 2 saturated carbocycles. The van der Waals surface area contributed by atoms with E-state index in [1.165, 1.54) is 11.3 Å². The molecular formula is C24H32N2O6S. The number of carbonyl (C=O) groups is 4. The number of aryl methyl sites for hydroxylation is 1. The number of ketones is 1. The summed E-state index contributed by atoms with van der Waals surface area (Å²) in [5.74, 6) is -1.20. The average Bonchev–Trinajstić information content (AvgIpc) is 3.15. The van der Waals surface area contributed by atoms with E-state index in [9.17, 15) is 19.2 Å². The first-order chi connectivity index (χ1) is 16.0. The normalized spacial score (nSPS) is 24.0. The van der Waals surface area contributed by atoms with Crippen molar-refractivity contribution in [1.82, 2.24) is 5.32 Å². The van der Waals surface area contributed by atoms with E-state index >= 15 is 0 Å². The van der Waals surface area contributed by atoms with Crippen LogP contribution in [0.4, 0.5) is 5.00 Å². The SMILES string of the molecule is COCCNC(=O)c1c(NC(=O)COC(=O)C2CC3CCCC(C2)C3=O)sc2c1CCCC2. The van der Waals surface area contributed by atoms with Gasteiger partial charge >= 0.3 is 5.97 Å². The van der Waals surface area contributed by atoms with Gasteiger partial charge in [-0.15, -0.1) is 11.3 Å². The van der Waals surface area contributed by atoms with Crippen molar-refractivity contribution in [1.29, 1.82) is 0 Å². The molecule has 180 valence electrons. The maximum absolute atomic E-state index is 12.8. The van der Waals surface area contributed by atoms with Gasteiger partial charge in [-0.1, -0.05) is 6.42 Å². The summed E-state index contributed by atoms with van der Waals surface area (Å²) in [5, 5.41) is 6.15. The minimum absolute atomic E-state index is 0.0412. The van der Waals surface area contributed by atoms with Crippen molar-refractivity contribution < 1.29 is 28.7 Å². The average molecular weight is 477 g/mol. The standard InChI is InChI=1S/C24H32N2O6S/c1-31-10-9-25-22(29)20-17-7-2-3-8-18(17)33-23(20)26-19(27)13-32-24(30)16-11-14-5-4-6-15(12-16)21(14)28/h14-16H,2-13H2,1H3,(H,25,29)(H,26,27). The van der Waals surface area contributed by atoms with Gasteiger partial charge in [-0.05, 0) is 56.9 Å². The Hall–Kier alpha value is -2.26. The van der Waals surface area contributed by atoms with Crippen LogP contribution in [0.2, 0.25) is 0 Å². The molecule has 2 atom stereocenters. The van der Waals surface area contributed by atoms with Gasteiger partial charge in [0.2, 0.25) is 0 Å². The number of thiophene rings is 1. The van der Waals surface area contributed by atoms with Crippen molar-refractivity contribution in [3.63, 3.8) is 0 Å². The molecule has 0 saturated heterocycles. The van der Waals surface area contributed by atoms with Crippen LogP contribution in [0.15, 0.2) is 0 Å². The molecule has 0 aliphatic heterocycles. The van der Waals surface area contributed by atoms with Gasteiger partial charge in [-0.3, -0.25) is 19.2 Å². The Kier molecular flexibility index (Phi) is 7.80. The van der Waals surface area contributed by atoms with E-state index in [2.05, 4.69) is 10.6 Å². The Labute approximate surface area is 197 Å². The summed E-state index contributed by atoms with van der Waals surface area (Å²) in [7, 11) is 1.57. The number of esters is 1. The molecule has 1 heterocycles. The lowest BCUT2D eigenvalue weighted by molar-refractivity contribution is -0.155. The molecule has 1 aromatic heterocycles. The summed E-state index contributed by atoms with van der Waals surface area (Å²) in [6, 6.07) is 0. The summed E-state index contributed by atoms with van der Waals surface area (Å²) >= 11 is 1.43. The van der Waals surface area contributed by atoms with Crippen LogP contribution in [0.5, 0.6) is 0 Å². The second-order valence-electron chi connectivity index (χ2n) is 9.22. The fourth-order valence-corrected chi connectivity index (χ4v) is 6.64. The number of hydrogen-bond acceptors (Lipinski definition) is 7. The van der Waals surface area contributed by atoms with Gasteiger partial charge in [0.05, 0.1) is 18.1 Å². The topological polar surface area (TPSA) is 111 Å². The van der Waals surface area contributed by atoms with E-state index in [1.54, 1.807) is 7.11 Å². The van der Waals surface area contributed by atoms with Gasteiger partial charge in [-0.25, -0.2) is 0 Å². The molecular weight excluding hydrogens is 444 g/mol. The second kappa shape index (κ2) is 10.8. The van der Waals surface area contributed by atoms with Crippen molar-refractivity contribution in [3.8, 4) is 0 Å². The molecule has 2 bridgehead atoms. The number of nitrogens with one attached hydrogen (secondary N) is 2. The molecule has 3 aliphatic carbocycles. The molecule has 0 radical (unpaired) electrons. The lowest BCUT2D eigenvalue weighted by Gasteiger charge is -2.36. The van der Waals surface area contributed by atoms with Gasteiger partial charge in [0.15, 0.2) is 6.61 Å². The number of fused-ring (bicyclic) bond motifs is 3. The van der Waals surface area contributed by atoms with Crippen molar-refractivity contribution in [2.75, 3.05) is 32.2 Å². The molecule has 4 rings (SSSR count). The van der Waals surface area contributed by atoms with E-state index in [-0.39, 0.29) is 23.7 Å². The summed E-state index contributed by atoms with van der Waals surface area (Å²) in [6.07, 6.45) is 7.57. The molecule has 2 fully saturated rings. The molecule has 9 heteroatoms.